The summed E-state index contributed by atoms with van der Waals surface area (Å²) in [6.45, 7) is 0.302. The van der Waals surface area contributed by atoms with Gasteiger partial charge in [-0.15, -0.1) is 18.0 Å². The van der Waals surface area contributed by atoms with Crippen LogP contribution in [0, 0.1) is 12.3 Å². The van der Waals surface area contributed by atoms with Crippen LogP contribution in [0.4, 0.5) is 0 Å². The molecule has 0 aromatic rings. The third-order valence-corrected chi connectivity index (χ3v) is 1.85. The first-order chi connectivity index (χ1) is 8.69. The van der Waals surface area contributed by atoms with E-state index in [1.807, 2.05) is 0 Å². The van der Waals surface area contributed by atoms with Gasteiger partial charge in [-0.3, -0.25) is 0 Å². The molecule has 0 saturated carbocycles. The van der Waals surface area contributed by atoms with Crippen molar-refractivity contribution in [1.29, 1.82) is 0 Å². The molecule has 0 fully saturated rings. The molecule has 18 heavy (non-hydrogen) atoms. The number of carbonyl (C=O) groups is 1. The molecular formula is C13H15ClO4. The first-order valence-electron chi connectivity index (χ1n) is 5.05. The second-order valence-corrected chi connectivity index (χ2v) is 3.21. The number of ether oxygens (including phenoxy) is 3. The van der Waals surface area contributed by atoms with Crippen LogP contribution in [0.15, 0.2) is 35.8 Å². The van der Waals surface area contributed by atoms with Gasteiger partial charge in [0, 0.05) is 12.2 Å². The molecule has 0 saturated heterocycles. The molecule has 0 unspecified atom stereocenters. The number of rotatable bonds is 7. The maximum absolute atomic E-state index is 10.9. The molecule has 98 valence electrons. The van der Waals surface area contributed by atoms with Gasteiger partial charge in [-0.1, -0.05) is 12.0 Å². The van der Waals surface area contributed by atoms with Gasteiger partial charge in [-0.05, 0) is 6.08 Å². The van der Waals surface area contributed by atoms with Crippen LogP contribution >= 0.6 is 11.6 Å². The zero-order chi connectivity index (χ0) is 13.8. The molecule has 0 amide bonds. The SMILES string of the molecule is C#C\C=C(OCCCl)/C(=C/C=C/C(=O)OC)OC. The number of terminal acetylenes is 1. The summed E-state index contributed by atoms with van der Waals surface area (Å²) in [6.07, 6.45) is 10.8. The fraction of sp³-hybridized carbons (Fsp3) is 0.308. The first-order valence-corrected chi connectivity index (χ1v) is 5.58. The standard InChI is InChI=1S/C13H15ClO4/c1-4-6-12(18-10-9-14)11(16-2)7-5-8-13(15)17-3/h1,5-8H,9-10H2,2-3H3/b8-5+,11-7-,12-6+. The van der Waals surface area contributed by atoms with Crippen molar-refractivity contribution in [3.8, 4) is 12.3 Å². The number of methoxy groups -OCH3 is 2. The van der Waals surface area contributed by atoms with Gasteiger partial charge in [-0.2, -0.15) is 0 Å². The van der Waals surface area contributed by atoms with E-state index in [4.69, 9.17) is 27.5 Å². The zero-order valence-corrected chi connectivity index (χ0v) is 11.1. The van der Waals surface area contributed by atoms with Crippen molar-refractivity contribution < 1.29 is 19.0 Å². The largest absolute Gasteiger partial charge is 0.493 e. The smallest absolute Gasteiger partial charge is 0.330 e. The van der Waals surface area contributed by atoms with Gasteiger partial charge in [0.15, 0.2) is 11.5 Å². The number of hydrogen-bond donors (Lipinski definition) is 0. The molecule has 0 bridgehead atoms. The van der Waals surface area contributed by atoms with Crippen molar-refractivity contribution >= 4 is 17.6 Å². The molecule has 0 N–H and O–H groups in total. The van der Waals surface area contributed by atoms with Crippen molar-refractivity contribution in [2.24, 2.45) is 0 Å². The summed E-state index contributed by atoms with van der Waals surface area (Å²) in [6, 6.07) is 0. The van der Waals surface area contributed by atoms with E-state index in [1.54, 1.807) is 0 Å². The average molecular weight is 271 g/mol. The zero-order valence-electron chi connectivity index (χ0n) is 10.3. The highest BCUT2D eigenvalue weighted by molar-refractivity contribution is 6.17. The van der Waals surface area contributed by atoms with Crippen molar-refractivity contribution in [3.05, 3.63) is 35.8 Å². The molecule has 0 radical (unpaired) electrons. The van der Waals surface area contributed by atoms with Crippen LogP contribution < -0.4 is 0 Å². The van der Waals surface area contributed by atoms with Crippen molar-refractivity contribution in [2.75, 3.05) is 26.7 Å². The molecule has 4 nitrogen and oxygen atoms in total. The lowest BCUT2D eigenvalue weighted by atomic mass is 10.3. The maximum Gasteiger partial charge on any atom is 0.330 e. The van der Waals surface area contributed by atoms with Crippen LogP contribution in [0.25, 0.3) is 0 Å². The Labute approximate surface area is 112 Å². The van der Waals surface area contributed by atoms with Gasteiger partial charge in [-0.25, -0.2) is 4.79 Å². The molecule has 0 aliphatic rings. The number of alkyl halides is 1. The van der Waals surface area contributed by atoms with Gasteiger partial charge in [0.2, 0.25) is 0 Å². The lowest BCUT2D eigenvalue weighted by molar-refractivity contribution is -0.134. The number of halogens is 1. The fourth-order valence-corrected chi connectivity index (χ4v) is 1.02. The Hall–Kier alpha value is -1.86. The lowest BCUT2D eigenvalue weighted by Gasteiger charge is -2.10. The Balaban J connectivity index is 4.85. The van der Waals surface area contributed by atoms with Gasteiger partial charge in [0.05, 0.1) is 20.1 Å². The van der Waals surface area contributed by atoms with Gasteiger partial charge in [0.25, 0.3) is 0 Å². The van der Waals surface area contributed by atoms with E-state index in [9.17, 15) is 4.79 Å². The Morgan fingerprint density at radius 1 is 1.33 bits per heavy atom. The van der Waals surface area contributed by atoms with Crippen molar-refractivity contribution in [2.45, 2.75) is 0 Å². The number of carbonyl (C=O) groups excluding carboxylic acids is 1. The van der Waals surface area contributed by atoms with Gasteiger partial charge < -0.3 is 14.2 Å². The molecule has 0 heterocycles. The topological polar surface area (TPSA) is 44.8 Å². The van der Waals surface area contributed by atoms with Crippen molar-refractivity contribution in [3.63, 3.8) is 0 Å². The van der Waals surface area contributed by atoms with E-state index in [0.717, 1.165) is 0 Å². The van der Waals surface area contributed by atoms with E-state index in [1.165, 1.54) is 38.5 Å². The van der Waals surface area contributed by atoms with Gasteiger partial charge >= 0.3 is 5.97 Å². The van der Waals surface area contributed by atoms with Crippen LogP contribution in [-0.4, -0.2) is 32.7 Å². The van der Waals surface area contributed by atoms with E-state index < -0.39 is 5.97 Å². The highest BCUT2D eigenvalue weighted by Gasteiger charge is 2.05. The van der Waals surface area contributed by atoms with Crippen molar-refractivity contribution in [1.82, 2.24) is 0 Å². The van der Waals surface area contributed by atoms with E-state index in [-0.39, 0.29) is 0 Å². The third kappa shape index (κ3) is 6.66. The van der Waals surface area contributed by atoms with E-state index in [2.05, 4.69) is 10.7 Å². The average Bonchev–Trinajstić information content (AvgIpc) is 2.39. The van der Waals surface area contributed by atoms with Crippen LogP contribution in [-0.2, 0) is 19.0 Å². The van der Waals surface area contributed by atoms with Gasteiger partial charge in [0.1, 0.15) is 6.61 Å². The molecule has 0 rings (SSSR count). The monoisotopic (exact) mass is 270 g/mol. The predicted molar refractivity (Wildman–Crippen MR) is 69.8 cm³/mol. The molecule has 0 atom stereocenters. The minimum absolute atomic E-state index is 0.302. The molecular weight excluding hydrogens is 256 g/mol. The van der Waals surface area contributed by atoms with Crippen LogP contribution in [0.3, 0.4) is 0 Å². The summed E-state index contributed by atoms with van der Waals surface area (Å²) in [5.41, 5.74) is 0. The summed E-state index contributed by atoms with van der Waals surface area (Å²) in [5.74, 6) is 2.96. The highest BCUT2D eigenvalue weighted by atomic mass is 35.5. The summed E-state index contributed by atoms with van der Waals surface area (Å²) in [7, 11) is 2.76. The maximum atomic E-state index is 10.9. The van der Waals surface area contributed by atoms with Crippen LogP contribution in [0.2, 0.25) is 0 Å². The summed E-state index contributed by atoms with van der Waals surface area (Å²) in [5, 5.41) is 0. The third-order valence-electron chi connectivity index (χ3n) is 1.69. The fourth-order valence-electron chi connectivity index (χ4n) is 0.941. The molecule has 0 aliphatic carbocycles. The normalized spacial score (nSPS) is 12.1. The minimum Gasteiger partial charge on any atom is -0.493 e. The molecule has 0 aliphatic heterocycles. The minimum atomic E-state index is -0.467. The molecule has 0 aromatic carbocycles. The number of esters is 1. The number of allylic oxidation sites excluding steroid dienone is 3. The Morgan fingerprint density at radius 2 is 2.06 bits per heavy atom. The number of hydrogen-bond acceptors (Lipinski definition) is 4. The second kappa shape index (κ2) is 10.3. The van der Waals surface area contributed by atoms with E-state index >= 15 is 0 Å². The van der Waals surface area contributed by atoms with E-state index in [0.29, 0.717) is 24.0 Å². The highest BCUT2D eigenvalue weighted by Crippen LogP contribution is 2.12. The predicted octanol–water partition coefficient (Wildman–Crippen LogP) is 2.02. The Kier molecular flexibility index (Phi) is 9.24. The van der Waals surface area contributed by atoms with Crippen LogP contribution in [0.1, 0.15) is 0 Å². The lowest BCUT2D eigenvalue weighted by Crippen LogP contribution is -2.01. The Bertz CT molecular complexity index is 388. The van der Waals surface area contributed by atoms with Crippen LogP contribution in [0.5, 0.6) is 0 Å². The molecule has 0 aromatic heterocycles. The first kappa shape index (κ1) is 16.1. The quantitative estimate of drug-likeness (QED) is 0.177. The summed E-state index contributed by atoms with van der Waals surface area (Å²) < 4.78 is 14.9. The molecule has 0 spiro atoms. The second-order valence-electron chi connectivity index (χ2n) is 2.83. The molecule has 5 heteroatoms. The summed E-state index contributed by atoms with van der Waals surface area (Å²) in [4.78, 5) is 10.9. The Morgan fingerprint density at radius 3 is 2.56 bits per heavy atom. The summed E-state index contributed by atoms with van der Waals surface area (Å²) >= 11 is 5.52.